The van der Waals surface area contributed by atoms with Crippen LogP contribution in [-0.2, 0) is 14.3 Å². The molecule has 2 unspecified atom stereocenters. The molecule has 0 aromatic heterocycles. The first-order chi connectivity index (χ1) is 13.4. The maximum Gasteiger partial charge on any atom is 0.330 e. The zero-order valence-corrected chi connectivity index (χ0v) is 15.8. The molecule has 1 aromatic rings. The normalized spacial score (nSPS) is 22.3. The highest BCUT2D eigenvalue weighted by molar-refractivity contribution is 6.06. The average molecular weight is 389 g/mol. The number of hydrogen-bond acceptors (Lipinski definition) is 8. The molecule has 150 valence electrons. The van der Waals surface area contributed by atoms with Gasteiger partial charge in [-0.05, 0) is 13.0 Å². The molecule has 1 aromatic carbocycles. The lowest BCUT2D eigenvalue weighted by molar-refractivity contribution is -0.384. The number of amides is 1. The molecule has 2 aliphatic rings. The number of nitrogens with zero attached hydrogens (tertiary/aromatic N) is 3. The summed E-state index contributed by atoms with van der Waals surface area (Å²) in [5.74, 6) is -0.743. The molecule has 2 atom stereocenters. The summed E-state index contributed by atoms with van der Waals surface area (Å²) in [6, 6.07) is 4.19. The number of hydrazone groups is 1. The molecule has 1 amide bonds. The van der Waals surface area contributed by atoms with Gasteiger partial charge in [-0.3, -0.25) is 14.9 Å². The van der Waals surface area contributed by atoms with Crippen LogP contribution in [0.15, 0.2) is 23.3 Å². The summed E-state index contributed by atoms with van der Waals surface area (Å²) in [4.78, 5) is 36.8. The van der Waals surface area contributed by atoms with Crippen molar-refractivity contribution in [1.29, 1.82) is 0 Å². The van der Waals surface area contributed by atoms with Gasteiger partial charge in [-0.1, -0.05) is 13.0 Å². The summed E-state index contributed by atoms with van der Waals surface area (Å²) in [6.45, 7) is 5.22. The Morgan fingerprint density at radius 2 is 2.25 bits per heavy atom. The van der Waals surface area contributed by atoms with Crippen LogP contribution in [0.3, 0.4) is 0 Å². The lowest BCUT2D eigenvalue weighted by atomic mass is 9.93. The molecule has 0 saturated carbocycles. The minimum atomic E-state index is -0.636. The number of rotatable bonds is 5. The number of benzene rings is 1. The fourth-order valence-corrected chi connectivity index (χ4v) is 3.52. The van der Waals surface area contributed by atoms with Crippen LogP contribution in [0.4, 0.5) is 11.4 Å². The lowest BCUT2D eigenvalue weighted by Gasteiger charge is -2.36. The maximum atomic E-state index is 12.3. The SMILES string of the molecule is CCOC(=O)C1CNCCN1c1ccc(C2=NNC(=O)CC2C)cc1[N+](=O)[O-]. The fraction of sp³-hybridized carbons (Fsp3) is 0.500. The highest BCUT2D eigenvalue weighted by Crippen LogP contribution is 2.33. The van der Waals surface area contributed by atoms with Gasteiger partial charge in [-0.15, -0.1) is 0 Å². The van der Waals surface area contributed by atoms with E-state index in [1.165, 1.54) is 6.07 Å². The number of hydrogen-bond donors (Lipinski definition) is 2. The molecule has 2 heterocycles. The third-order valence-electron chi connectivity index (χ3n) is 4.84. The minimum absolute atomic E-state index is 0.111. The van der Waals surface area contributed by atoms with Crippen molar-refractivity contribution in [2.75, 3.05) is 31.1 Å². The molecule has 1 saturated heterocycles. The van der Waals surface area contributed by atoms with E-state index in [0.29, 0.717) is 36.6 Å². The van der Waals surface area contributed by atoms with Gasteiger partial charge in [0.2, 0.25) is 5.91 Å². The van der Waals surface area contributed by atoms with E-state index in [9.17, 15) is 19.7 Å². The summed E-state index contributed by atoms with van der Waals surface area (Å²) in [6.07, 6.45) is 0.275. The third-order valence-corrected chi connectivity index (χ3v) is 4.84. The monoisotopic (exact) mass is 389 g/mol. The van der Waals surface area contributed by atoms with E-state index in [-0.39, 0.29) is 30.5 Å². The molecule has 10 heteroatoms. The highest BCUT2D eigenvalue weighted by Gasteiger charge is 2.34. The first kappa shape index (κ1) is 19.7. The summed E-state index contributed by atoms with van der Waals surface area (Å²) in [5, 5.41) is 19.0. The average Bonchev–Trinajstić information content (AvgIpc) is 2.68. The number of anilines is 1. The lowest BCUT2D eigenvalue weighted by Crippen LogP contribution is -2.55. The quantitative estimate of drug-likeness (QED) is 0.433. The smallest absolute Gasteiger partial charge is 0.330 e. The predicted octanol–water partition coefficient (Wildman–Crippen LogP) is 0.796. The molecule has 2 aliphatic heterocycles. The van der Waals surface area contributed by atoms with Gasteiger partial charge in [-0.25, -0.2) is 10.2 Å². The van der Waals surface area contributed by atoms with Gasteiger partial charge in [0, 0.05) is 43.6 Å². The van der Waals surface area contributed by atoms with Crippen LogP contribution in [0.25, 0.3) is 0 Å². The van der Waals surface area contributed by atoms with Crippen molar-refractivity contribution in [2.45, 2.75) is 26.3 Å². The molecule has 1 fully saturated rings. The van der Waals surface area contributed by atoms with E-state index in [2.05, 4.69) is 15.8 Å². The Bertz CT molecular complexity index is 825. The molecule has 0 bridgehead atoms. The van der Waals surface area contributed by atoms with Crippen molar-refractivity contribution >= 4 is 29.0 Å². The molecule has 0 aliphatic carbocycles. The molecule has 10 nitrogen and oxygen atoms in total. The van der Waals surface area contributed by atoms with Crippen molar-refractivity contribution in [2.24, 2.45) is 11.0 Å². The minimum Gasteiger partial charge on any atom is -0.464 e. The molecule has 2 N–H and O–H groups in total. The standard InChI is InChI=1S/C18H23N5O5/c1-3-28-18(25)15-10-19-6-7-22(15)13-5-4-12(9-14(13)23(26)27)17-11(2)8-16(24)20-21-17/h4-5,9,11,15,19H,3,6-8,10H2,1-2H3,(H,20,24). The Kier molecular flexibility index (Phi) is 5.88. The van der Waals surface area contributed by atoms with Crippen molar-refractivity contribution < 1.29 is 19.2 Å². The predicted molar refractivity (Wildman–Crippen MR) is 102 cm³/mol. The van der Waals surface area contributed by atoms with E-state index < -0.39 is 16.9 Å². The second-order valence-corrected chi connectivity index (χ2v) is 6.76. The second-order valence-electron chi connectivity index (χ2n) is 6.76. The number of esters is 1. The van der Waals surface area contributed by atoms with Gasteiger partial charge in [0.1, 0.15) is 11.7 Å². The van der Waals surface area contributed by atoms with Crippen LogP contribution in [0, 0.1) is 16.0 Å². The Labute approximate surface area is 162 Å². The number of carbonyl (C=O) groups is 2. The van der Waals surface area contributed by atoms with E-state index in [4.69, 9.17) is 4.74 Å². The van der Waals surface area contributed by atoms with E-state index >= 15 is 0 Å². The summed E-state index contributed by atoms with van der Waals surface area (Å²) < 4.78 is 5.13. The van der Waals surface area contributed by atoms with E-state index in [1.807, 2.05) is 6.92 Å². The van der Waals surface area contributed by atoms with E-state index in [0.717, 1.165) is 0 Å². The summed E-state index contributed by atoms with van der Waals surface area (Å²) in [7, 11) is 0. The van der Waals surface area contributed by atoms with Gasteiger partial charge in [0.05, 0.1) is 17.2 Å². The molecule has 3 rings (SSSR count). The molecular formula is C18H23N5O5. The van der Waals surface area contributed by atoms with Crippen LogP contribution in [0.5, 0.6) is 0 Å². The Morgan fingerprint density at radius 3 is 2.93 bits per heavy atom. The van der Waals surface area contributed by atoms with Crippen LogP contribution < -0.4 is 15.6 Å². The Balaban J connectivity index is 1.98. The number of nitro groups is 1. The second kappa shape index (κ2) is 8.34. The zero-order valence-electron chi connectivity index (χ0n) is 15.8. The van der Waals surface area contributed by atoms with Crippen LogP contribution in [0.2, 0.25) is 0 Å². The number of nitro benzene ring substituents is 1. The summed E-state index contributed by atoms with van der Waals surface area (Å²) >= 11 is 0. The Hall–Kier alpha value is -3.01. The zero-order chi connectivity index (χ0) is 20.3. The summed E-state index contributed by atoms with van der Waals surface area (Å²) in [5.41, 5.74) is 3.84. The van der Waals surface area contributed by atoms with E-state index in [1.54, 1.807) is 24.0 Å². The van der Waals surface area contributed by atoms with Crippen LogP contribution in [-0.4, -0.2) is 54.8 Å². The van der Waals surface area contributed by atoms with Gasteiger partial charge in [-0.2, -0.15) is 5.10 Å². The highest BCUT2D eigenvalue weighted by atomic mass is 16.6. The van der Waals surface area contributed by atoms with Crippen molar-refractivity contribution in [3.63, 3.8) is 0 Å². The fourth-order valence-electron chi connectivity index (χ4n) is 3.52. The Morgan fingerprint density at radius 1 is 1.46 bits per heavy atom. The first-order valence-corrected chi connectivity index (χ1v) is 9.21. The van der Waals surface area contributed by atoms with Gasteiger partial charge < -0.3 is 15.0 Å². The molecular weight excluding hydrogens is 366 g/mol. The first-order valence-electron chi connectivity index (χ1n) is 9.21. The number of nitrogens with one attached hydrogen (secondary N) is 2. The van der Waals surface area contributed by atoms with Crippen LogP contribution in [0.1, 0.15) is 25.8 Å². The van der Waals surface area contributed by atoms with Gasteiger partial charge >= 0.3 is 5.97 Å². The van der Waals surface area contributed by atoms with Crippen molar-refractivity contribution in [3.8, 4) is 0 Å². The molecule has 0 radical (unpaired) electrons. The molecule has 0 spiro atoms. The molecule has 28 heavy (non-hydrogen) atoms. The third kappa shape index (κ3) is 3.96. The number of carbonyl (C=O) groups excluding carboxylic acids is 2. The number of piperazine rings is 1. The number of ether oxygens (including phenoxy) is 1. The maximum absolute atomic E-state index is 12.3. The topological polar surface area (TPSA) is 126 Å². The van der Waals surface area contributed by atoms with Crippen molar-refractivity contribution in [3.05, 3.63) is 33.9 Å². The van der Waals surface area contributed by atoms with Gasteiger partial charge in [0.25, 0.3) is 5.69 Å². The van der Waals surface area contributed by atoms with Crippen LogP contribution >= 0.6 is 0 Å². The van der Waals surface area contributed by atoms with Crippen molar-refractivity contribution in [1.82, 2.24) is 10.7 Å². The largest absolute Gasteiger partial charge is 0.464 e. The van der Waals surface area contributed by atoms with Gasteiger partial charge in [0.15, 0.2) is 0 Å².